The molecule has 1 saturated heterocycles. The summed E-state index contributed by atoms with van der Waals surface area (Å²) >= 11 is 0. The molecule has 0 radical (unpaired) electrons. The van der Waals surface area contributed by atoms with Gasteiger partial charge in [-0.25, -0.2) is 0 Å². The van der Waals surface area contributed by atoms with Crippen LogP contribution in [-0.4, -0.2) is 18.5 Å². The number of carbonyl (C=O) groups is 1. The van der Waals surface area contributed by atoms with Crippen molar-refractivity contribution < 1.29 is 9.53 Å². The third kappa shape index (κ3) is 5.53. The van der Waals surface area contributed by atoms with Crippen LogP contribution in [0.1, 0.15) is 48.4 Å². The Morgan fingerprint density at radius 2 is 1.65 bits per heavy atom. The molecule has 0 saturated carbocycles. The lowest BCUT2D eigenvalue weighted by Gasteiger charge is -2.27. The van der Waals surface area contributed by atoms with E-state index in [1.807, 2.05) is 67.6 Å². The number of amides is 1. The van der Waals surface area contributed by atoms with Crippen molar-refractivity contribution in [2.75, 3.05) is 6.54 Å². The van der Waals surface area contributed by atoms with Crippen LogP contribution in [0.5, 0.6) is 5.75 Å². The summed E-state index contributed by atoms with van der Waals surface area (Å²) in [6, 6.07) is 28.4. The molecular weight excluding hydrogens is 384 g/mol. The molecule has 3 aromatic rings. The SMILES string of the molecule is C[C@H](C(=O)NC(c1ccc(OCc2ccccc2)cc1)[C@H]1CCCN1)c1ccccc1. The fourth-order valence-electron chi connectivity index (χ4n) is 4.10. The van der Waals surface area contributed by atoms with Crippen molar-refractivity contribution in [3.8, 4) is 5.75 Å². The quantitative estimate of drug-likeness (QED) is 0.547. The molecule has 1 unspecified atom stereocenters. The number of carbonyl (C=O) groups excluding carboxylic acids is 1. The second kappa shape index (κ2) is 10.3. The topological polar surface area (TPSA) is 50.4 Å². The van der Waals surface area contributed by atoms with E-state index in [2.05, 4.69) is 34.9 Å². The molecule has 4 nitrogen and oxygen atoms in total. The molecule has 4 heteroatoms. The van der Waals surface area contributed by atoms with Gasteiger partial charge in [0.05, 0.1) is 12.0 Å². The number of benzene rings is 3. The van der Waals surface area contributed by atoms with Crippen LogP contribution in [0.15, 0.2) is 84.9 Å². The minimum atomic E-state index is -0.196. The maximum atomic E-state index is 13.0. The van der Waals surface area contributed by atoms with Gasteiger partial charge < -0.3 is 15.4 Å². The number of nitrogens with one attached hydrogen (secondary N) is 2. The Bertz CT molecular complexity index is 952. The summed E-state index contributed by atoms with van der Waals surface area (Å²) in [7, 11) is 0. The second-order valence-corrected chi connectivity index (χ2v) is 8.16. The minimum absolute atomic E-state index is 0.0503. The Balaban J connectivity index is 1.45. The molecule has 0 spiro atoms. The summed E-state index contributed by atoms with van der Waals surface area (Å²) in [5, 5.41) is 6.86. The molecule has 2 N–H and O–H groups in total. The molecule has 160 valence electrons. The first-order valence-electron chi connectivity index (χ1n) is 11.1. The highest BCUT2D eigenvalue weighted by Crippen LogP contribution is 2.27. The lowest BCUT2D eigenvalue weighted by Crippen LogP contribution is -2.42. The van der Waals surface area contributed by atoms with Gasteiger partial charge in [0, 0.05) is 6.04 Å². The zero-order valence-corrected chi connectivity index (χ0v) is 18.0. The fraction of sp³-hybridized carbons (Fsp3) is 0.296. The zero-order valence-electron chi connectivity index (χ0n) is 18.0. The molecule has 0 aliphatic carbocycles. The van der Waals surface area contributed by atoms with Crippen molar-refractivity contribution in [3.63, 3.8) is 0 Å². The standard InChI is InChI=1S/C27H30N2O2/c1-20(22-11-6-3-7-12-22)27(30)29-26(25-13-8-18-28-25)23-14-16-24(17-15-23)31-19-21-9-4-2-5-10-21/h2-7,9-12,14-17,20,25-26,28H,8,13,18-19H2,1H3,(H,29,30)/t20-,25+,26?/m0/s1. The predicted molar refractivity (Wildman–Crippen MR) is 124 cm³/mol. The third-order valence-electron chi connectivity index (χ3n) is 5.98. The first-order valence-corrected chi connectivity index (χ1v) is 11.1. The molecule has 1 aliphatic heterocycles. The van der Waals surface area contributed by atoms with Crippen LogP contribution >= 0.6 is 0 Å². The van der Waals surface area contributed by atoms with Gasteiger partial charge in [-0.3, -0.25) is 4.79 Å². The van der Waals surface area contributed by atoms with Gasteiger partial charge in [0.2, 0.25) is 5.91 Å². The van der Waals surface area contributed by atoms with Crippen molar-refractivity contribution in [1.82, 2.24) is 10.6 Å². The van der Waals surface area contributed by atoms with E-state index < -0.39 is 0 Å². The Morgan fingerprint density at radius 3 is 2.29 bits per heavy atom. The van der Waals surface area contributed by atoms with Gasteiger partial charge in [0.15, 0.2) is 0 Å². The summed E-state index contributed by atoms with van der Waals surface area (Å²) in [6.45, 7) is 3.49. The van der Waals surface area contributed by atoms with Crippen molar-refractivity contribution in [3.05, 3.63) is 102 Å². The summed E-state index contributed by atoms with van der Waals surface area (Å²) < 4.78 is 5.93. The van der Waals surface area contributed by atoms with Gasteiger partial charge in [-0.05, 0) is 55.1 Å². The molecule has 3 aromatic carbocycles. The fourth-order valence-corrected chi connectivity index (χ4v) is 4.10. The van der Waals surface area contributed by atoms with E-state index in [4.69, 9.17) is 4.74 Å². The van der Waals surface area contributed by atoms with Crippen LogP contribution in [0, 0.1) is 0 Å². The average molecular weight is 415 g/mol. The van der Waals surface area contributed by atoms with Crippen LogP contribution in [0.2, 0.25) is 0 Å². The normalized spacial score (nSPS) is 17.6. The maximum absolute atomic E-state index is 13.0. The van der Waals surface area contributed by atoms with Gasteiger partial charge >= 0.3 is 0 Å². The summed E-state index contributed by atoms with van der Waals surface area (Å²) in [5.74, 6) is 0.683. The molecule has 1 fully saturated rings. The molecule has 31 heavy (non-hydrogen) atoms. The lowest BCUT2D eigenvalue weighted by atomic mass is 9.95. The van der Waals surface area contributed by atoms with Gasteiger partial charge in [0.1, 0.15) is 12.4 Å². The largest absolute Gasteiger partial charge is 0.489 e. The Morgan fingerprint density at radius 1 is 0.968 bits per heavy atom. The molecule has 0 aromatic heterocycles. The van der Waals surface area contributed by atoms with E-state index in [-0.39, 0.29) is 23.9 Å². The van der Waals surface area contributed by atoms with E-state index in [0.717, 1.165) is 41.8 Å². The second-order valence-electron chi connectivity index (χ2n) is 8.16. The number of hydrogen-bond donors (Lipinski definition) is 2. The van der Waals surface area contributed by atoms with Gasteiger partial charge in [-0.2, -0.15) is 0 Å². The Hall–Kier alpha value is -3.11. The average Bonchev–Trinajstić information content (AvgIpc) is 3.37. The van der Waals surface area contributed by atoms with Crippen LogP contribution in [0.25, 0.3) is 0 Å². The van der Waals surface area contributed by atoms with Gasteiger partial charge in [0.25, 0.3) is 0 Å². The molecule has 1 aliphatic rings. The van der Waals surface area contributed by atoms with Gasteiger partial charge in [-0.1, -0.05) is 72.8 Å². The number of ether oxygens (including phenoxy) is 1. The Labute approximate surface area is 184 Å². The van der Waals surface area contributed by atoms with Crippen LogP contribution in [0.3, 0.4) is 0 Å². The zero-order chi connectivity index (χ0) is 21.5. The van der Waals surface area contributed by atoms with Crippen LogP contribution in [0.4, 0.5) is 0 Å². The van der Waals surface area contributed by atoms with Crippen molar-refractivity contribution >= 4 is 5.91 Å². The summed E-state index contributed by atoms with van der Waals surface area (Å²) in [6.07, 6.45) is 2.18. The number of hydrogen-bond acceptors (Lipinski definition) is 3. The monoisotopic (exact) mass is 414 g/mol. The van der Waals surface area contributed by atoms with Crippen molar-refractivity contribution in [2.24, 2.45) is 0 Å². The highest BCUT2D eigenvalue weighted by Gasteiger charge is 2.29. The molecule has 0 bridgehead atoms. The molecule has 1 amide bonds. The van der Waals surface area contributed by atoms with E-state index >= 15 is 0 Å². The third-order valence-corrected chi connectivity index (χ3v) is 5.98. The highest BCUT2D eigenvalue weighted by atomic mass is 16.5. The van der Waals surface area contributed by atoms with E-state index in [0.29, 0.717) is 6.61 Å². The molecule has 3 atom stereocenters. The predicted octanol–water partition coefficient (Wildman–Crippen LogP) is 4.98. The smallest absolute Gasteiger partial charge is 0.227 e. The molecule has 1 heterocycles. The number of rotatable bonds is 8. The maximum Gasteiger partial charge on any atom is 0.227 e. The summed E-state index contributed by atoms with van der Waals surface area (Å²) in [5.41, 5.74) is 3.27. The molecule has 4 rings (SSSR count). The van der Waals surface area contributed by atoms with Crippen molar-refractivity contribution in [2.45, 2.75) is 44.4 Å². The van der Waals surface area contributed by atoms with Crippen molar-refractivity contribution in [1.29, 1.82) is 0 Å². The first kappa shape index (κ1) is 21.1. The van der Waals surface area contributed by atoms with E-state index in [1.165, 1.54) is 0 Å². The van der Waals surface area contributed by atoms with E-state index in [9.17, 15) is 4.79 Å². The first-order chi connectivity index (χ1) is 15.2. The van der Waals surface area contributed by atoms with Crippen LogP contribution in [-0.2, 0) is 11.4 Å². The lowest BCUT2D eigenvalue weighted by molar-refractivity contribution is -0.123. The van der Waals surface area contributed by atoms with E-state index in [1.54, 1.807) is 0 Å². The highest BCUT2D eigenvalue weighted by molar-refractivity contribution is 5.83. The molecular formula is C27H30N2O2. The Kier molecular flexibility index (Phi) is 7.00. The summed E-state index contributed by atoms with van der Waals surface area (Å²) in [4.78, 5) is 13.0. The van der Waals surface area contributed by atoms with Gasteiger partial charge in [-0.15, -0.1) is 0 Å². The minimum Gasteiger partial charge on any atom is -0.489 e. The van der Waals surface area contributed by atoms with Crippen LogP contribution < -0.4 is 15.4 Å².